The number of hydrogen-bond acceptors (Lipinski definition) is 2. The Bertz CT molecular complexity index is 682. The highest BCUT2D eigenvalue weighted by molar-refractivity contribution is 5.29. The van der Waals surface area contributed by atoms with E-state index in [4.69, 9.17) is 9.97 Å². The van der Waals surface area contributed by atoms with E-state index in [0.717, 1.165) is 35.6 Å². The Hall–Kier alpha value is -2.48. The lowest BCUT2D eigenvalue weighted by molar-refractivity contribution is 0.893. The molecule has 0 bridgehead atoms. The average molecular weight is 288 g/mol. The SMILES string of the molecule is Cc1nc(Cc2ccccc2)c(C)nc1Cc1ccccc1. The second-order valence-corrected chi connectivity index (χ2v) is 5.61. The van der Waals surface area contributed by atoms with Crippen molar-refractivity contribution in [3.8, 4) is 0 Å². The fourth-order valence-electron chi connectivity index (χ4n) is 2.61. The molecule has 2 heteroatoms. The normalized spacial score (nSPS) is 10.6. The van der Waals surface area contributed by atoms with E-state index in [1.54, 1.807) is 0 Å². The van der Waals surface area contributed by atoms with Gasteiger partial charge in [0.25, 0.3) is 0 Å². The highest BCUT2D eigenvalue weighted by Crippen LogP contribution is 2.15. The van der Waals surface area contributed by atoms with Crippen molar-refractivity contribution in [3.63, 3.8) is 0 Å². The van der Waals surface area contributed by atoms with E-state index in [1.807, 2.05) is 12.1 Å². The first kappa shape index (κ1) is 14.5. The van der Waals surface area contributed by atoms with Crippen LogP contribution in [0.5, 0.6) is 0 Å². The third-order valence-corrected chi connectivity index (χ3v) is 3.87. The van der Waals surface area contributed by atoms with E-state index in [-0.39, 0.29) is 0 Å². The second-order valence-electron chi connectivity index (χ2n) is 5.61. The highest BCUT2D eigenvalue weighted by Gasteiger charge is 2.09. The van der Waals surface area contributed by atoms with Gasteiger partial charge in [0.2, 0.25) is 0 Å². The summed E-state index contributed by atoms with van der Waals surface area (Å²) in [7, 11) is 0. The molecule has 0 saturated carbocycles. The molecular weight excluding hydrogens is 268 g/mol. The summed E-state index contributed by atoms with van der Waals surface area (Å²) in [5.41, 5.74) is 6.74. The molecule has 0 radical (unpaired) electrons. The zero-order valence-corrected chi connectivity index (χ0v) is 13.1. The molecule has 0 unspecified atom stereocenters. The Morgan fingerprint density at radius 1 is 0.591 bits per heavy atom. The lowest BCUT2D eigenvalue weighted by atomic mass is 10.1. The Labute approximate surface area is 131 Å². The summed E-state index contributed by atoms with van der Waals surface area (Å²) in [6.45, 7) is 4.11. The fraction of sp³-hybridized carbons (Fsp3) is 0.200. The van der Waals surface area contributed by atoms with Crippen LogP contribution in [0.25, 0.3) is 0 Å². The van der Waals surface area contributed by atoms with Crippen molar-refractivity contribution in [2.24, 2.45) is 0 Å². The molecule has 2 nitrogen and oxygen atoms in total. The van der Waals surface area contributed by atoms with E-state index in [9.17, 15) is 0 Å². The third kappa shape index (κ3) is 3.40. The van der Waals surface area contributed by atoms with Gasteiger partial charge in [0.15, 0.2) is 0 Å². The summed E-state index contributed by atoms with van der Waals surface area (Å²) < 4.78 is 0. The van der Waals surface area contributed by atoms with Crippen LogP contribution in [-0.4, -0.2) is 9.97 Å². The van der Waals surface area contributed by atoms with Gasteiger partial charge in [-0.1, -0.05) is 60.7 Å². The minimum atomic E-state index is 0.839. The predicted octanol–water partition coefficient (Wildman–Crippen LogP) is 4.28. The quantitative estimate of drug-likeness (QED) is 0.716. The lowest BCUT2D eigenvalue weighted by Crippen LogP contribution is -2.06. The topological polar surface area (TPSA) is 25.8 Å². The molecule has 0 aliphatic heterocycles. The maximum Gasteiger partial charge on any atom is 0.0663 e. The molecule has 22 heavy (non-hydrogen) atoms. The first-order valence-electron chi connectivity index (χ1n) is 7.63. The van der Waals surface area contributed by atoms with Gasteiger partial charge in [0.05, 0.1) is 22.8 Å². The Morgan fingerprint density at radius 2 is 0.955 bits per heavy atom. The van der Waals surface area contributed by atoms with Crippen LogP contribution in [0.4, 0.5) is 0 Å². The fourth-order valence-corrected chi connectivity index (χ4v) is 2.61. The molecule has 0 amide bonds. The lowest BCUT2D eigenvalue weighted by Gasteiger charge is -2.10. The summed E-state index contributed by atoms with van der Waals surface area (Å²) >= 11 is 0. The van der Waals surface area contributed by atoms with E-state index < -0.39 is 0 Å². The maximum atomic E-state index is 4.80. The zero-order chi connectivity index (χ0) is 15.4. The van der Waals surface area contributed by atoms with Gasteiger partial charge in [-0.15, -0.1) is 0 Å². The van der Waals surface area contributed by atoms with Crippen LogP contribution in [0.2, 0.25) is 0 Å². The monoisotopic (exact) mass is 288 g/mol. The maximum absolute atomic E-state index is 4.80. The molecule has 0 aliphatic rings. The molecule has 0 fully saturated rings. The summed E-state index contributed by atoms with van der Waals surface area (Å²) in [6.07, 6.45) is 1.68. The molecule has 1 aromatic heterocycles. The van der Waals surface area contributed by atoms with E-state index in [2.05, 4.69) is 62.4 Å². The van der Waals surface area contributed by atoms with Gasteiger partial charge >= 0.3 is 0 Å². The summed E-state index contributed by atoms with van der Waals surface area (Å²) in [5, 5.41) is 0. The average Bonchev–Trinajstić information content (AvgIpc) is 2.54. The van der Waals surface area contributed by atoms with Gasteiger partial charge < -0.3 is 0 Å². The van der Waals surface area contributed by atoms with E-state index in [0.29, 0.717) is 0 Å². The van der Waals surface area contributed by atoms with Gasteiger partial charge in [-0.25, -0.2) is 0 Å². The zero-order valence-electron chi connectivity index (χ0n) is 13.1. The van der Waals surface area contributed by atoms with Crippen LogP contribution in [-0.2, 0) is 12.8 Å². The molecule has 0 saturated heterocycles. The second kappa shape index (κ2) is 6.52. The van der Waals surface area contributed by atoms with Crippen LogP contribution in [0.15, 0.2) is 60.7 Å². The Balaban J connectivity index is 1.85. The number of hydrogen-bond donors (Lipinski definition) is 0. The predicted molar refractivity (Wildman–Crippen MR) is 90.0 cm³/mol. The summed E-state index contributed by atoms with van der Waals surface area (Å²) in [4.78, 5) is 9.60. The van der Waals surface area contributed by atoms with Crippen molar-refractivity contribution in [2.45, 2.75) is 26.7 Å². The molecule has 0 aliphatic carbocycles. The molecule has 0 atom stereocenters. The third-order valence-electron chi connectivity index (χ3n) is 3.87. The van der Waals surface area contributed by atoms with Crippen LogP contribution in [0.1, 0.15) is 33.9 Å². The van der Waals surface area contributed by atoms with Gasteiger partial charge in [-0.3, -0.25) is 9.97 Å². The molecular formula is C20H20N2. The Morgan fingerprint density at radius 3 is 1.32 bits per heavy atom. The molecule has 3 rings (SSSR count). The molecule has 3 aromatic rings. The van der Waals surface area contributed by atoms with Gasteiger partial charge in [0, 0.05) is 12.8 Å². The van der Waals surface area contributed by atoms with Gasteiger partial charge in [-0.05, 0) is 25.0 Å². The van der Waals surface area contributed by atoms with Crippen molar-refractivity contribution in [1.82, 2.24) is 9.97 Å². The number of aromatic nitrogens is 2. The van der Waals surface area contributed by atoms with Crippen molar-refractivity contribution < 1.29 is 0 Å². The van der Waals surface area contributed by atoms with Crippen molar-refractivity contribution in [3.05, 3.63) is 94.6 Å². The van der Waals surface area contributed by atoms with Crippen LogP contribution in [0, 0.1) is 13.8 Å². The van der Waals surface area contributed by atoms with Gasteiger partial charge in [-0.2, -0.15) is 0 Å². The van der Waals surface area contributed by atoms with E-state index in [1.165, 1.54) is 11.1 Å². The van der Waals surface area contributed by atoms with Crippen LogP contribution >= 0.6 is 0 Å². The highest BCUT2D eigenvalue weighted by atomic mass is 14.8. The first-order valence-corrected chi connectivity index (χ1v) is 7.63. The smallest absolute Gasteiger partial charge is 0.0663 e. The van der Waals surface area contributed by atoms with Crippen molar-refractivity contribution in [1.29, 1.82) is 0 Å². The molecule has 110 valence electrons. The van der Waals surface area contributed by atoms with Crippen molar-refractivity contribution >= 4 is 0 Å². The molecule has 0 spiro atoms. The summed E-state index contributed by atoms with van der Waals surface area (Å²) in [5.74, 6) is 0. The molecule has 0 N–H and O–H groups in total. The molecule has 1 heterocycles. The number of rotatable bonds is 4. The minimum Gasteiger partial charge on any atom is -0.254 e. The summed E-state index contributed by atoms with van der Waals surface area (Å²) in [6, 6.07) is 20.9. The van der Waals surface area contributed by atoms with Crippen LogP contribution in [0.3, 0.4) is 0 Å². The van der Waals surface area contributed by atoms with Crippen LogP contribution < -0.4 is 0 Å². The number of nitrogens with zero attached hydrogens (tertiary/aromatic N) is 2. The number of aryl methyl sites for hydroxylation is 2. The number of benzene rings is 2. The Kier molecular flexibility index (Phi) is 4.29. The van der Waals surface area contributed by atoms with E-state index >= 15 is 0 Å². The molecule has 2 aromatic carbocycles. The largest absolute Gasteiger partial charge is 0.254 e. The first-order chi connectivity index (χ1) is 10.7. The van der Waals surface area contributed by atoms with Crippen molar-refractivity contribution in [2.75, 3.05) is 0 Å². The van der Waals surface area contributed by atoms with Gasteiger partial charge in [0.1, 0.15) is 0 Å². The minimum absolute atomic E-state index is 0.839. The standard InChI is InChI=1S/C20H20N2/c1-15-19(13-17-9-5-3-6-10-17)22-16(2)20(21-15)14-18-11-7-4-8-12-18/h3-12H,13-14H2,1-2H3.